The zero-order chi connectivity index (χ0) is 18.2. The van der Waals surface area contributed by atoms with Gasteiger partial charge in [-0.3, -0.25) is 9.69 Å². The lowest BCUT2D eigenvalue weighted by Gasteiger charge is -2.25. The van der Waals surface area contributed by atoms with Crippen molar-refractivity contribution in [2.75, 3.05) is 18.4 Å². The molecule has 3 aliphatic heterocycles. The minimum absolute atomic E-state index is 0.233. The molecular weight excluding hydrogens is 404 g/mol. The molecule has 0 bridgehead atoms. The largest absolute Gasteiger partial charge is 0.491 e. The number of thiophene rings is 1. The normalized spacial score (nSPS) is 21.7. The van der Waals surface area contributed by atoms with Gasteiger partial charge in [-0.25, -0.2) is 0 Å². The Hall–Kier alpha value is -2.22. The Morgan fingerprint density at radius 2 is 1.96 bits per heavy atom. The van der Waals surface area contributed by atoms with Gasteiger partial charge in [0, 0.05) is 22.7 Å². The summed E-state index contributed by atoms with van der Waals surface area (Å²) < 4.78 is 20.1. The standard InChI is InChI=1S/C19H13ClN2O3S2/c20-17-4-3-11(27-17)8-22-18(26)19(16-2-1-5-21(16)22)9-23-13-7-15-14(6-12(13)19)24-10-25-15/h1-7H,8-10H2. The number of halogens is 1. The van der Waals surface area contributed by atoms with E-state index in [1.54, 1.807) is 11.3 Å². The predicted molar refractivity (Wildman–Crippen MR) is 107 cm³/mol. The molecule has 1 atom stereocenters. The van der Waals surface area contributed by atoms with E-state index in [-0.39, 0.29) is 6.79 Å². The molecule has 5 heterocycles. The van der Waals surface area contributed by atoms with E-state index < -0.39 is 5.41 Å². The van der Waals surface area contributed by atoms with Crippen molar-refractivity contribution in [2.45, 2.75) is 12.0 Å². The average molecular weight is 417 g/mol. The fourth-order valence-electron chi connectivity index (χ4n) is 4.11. The number of thiocarbonyl (C=S) groups is 1. The number of aromatic nitrogens is 1. The summed E-state index contributed by atoms with van der Waals surface area (Å²) >= 11 is 13.7. The van der Waals surface area contributed by atoms with Crippen molar-refractivity contribution in [3.63, 3.8) is 0 Å². The van der Waals surface area contributed by atoms with Gasteiger partial charge in [-0.1, -0.05) is 23.8 Å². The second-order valence-electron chi connectivity index (χ2n) is 6.70. The summed E-state index contributed by atoms with van der Waals surface area (Å²) in [6.45, 7) is 1.37. The Bertz CT molecular complexity index is 1110. The molecule has 3 aliphatic rings. The van der Waals surface area contributed by atoms with Gasteiger partial charge < -0.3 is 14.2 Å². The maximum absolute atomic E-state index is 6.12. The fraction of sp³-hybridized carbons (Fsp3) is 0.211. The molecule has 0 saturated carbocycles. The summed E-state index contributed by atoms with van der Waals surface area (Å²) in [6, 6.07) is 12.0. The molecule has 27 heavy (non-hydrogen) atoms. The number of hydrogen-bond donors (Lipinski definition) is 0. The van der Waals surface area contributed by atoms with Crippen LogP contribution in [0.4, 0.5) is 0 Å². The van der Waals surface area contributed by atoms with Crippen molar-refractivity contribution < 1.29 is 14.2 Å². The van der Waals surface area contributed by atoms with E-state index in [0.717, 1.165) is 42.7 Å². The molecule has 3 aromatic rings. The van der Waals surface area contributed by atoms with Gasteiger partial charge in [-0.05, 0) is 30.3 Å². The van der Waals surface area contributed by atoms with E-state index in [1.165, 1.54) is 0 Å². The van der Waals surface area contributed by atoms with Gasteiger partial charge in [-0.2, -0.15) is 0 Å². The van der Waals surface area contributed by atoms with Gasteiger partial charge in [0.05, 0.1) is 16.6 Å². The lowest BCUT2D eigenvalue weighted by Crippen LogP contribution is -2.42. The summed E-state index contributed by atoms with van der Waals surface area (Å²) in [5, 5.41) is 2.12. The minimum atomic E-state index is -0.504. The highest BCUT2D eigenvalue weighted by Gasteiger charge is 2.55. The lowest BCUT2D eigenvalue weighted by atomic mass is 9.79. The van der Waals surface area contributed by atoms with Crippen molar-refractivity contribution >= 4 is 40.1 Å². The molecule has 0 aliphatic carbocycles. The van der Waals surface area contributed by atoms with Gasteiger partial charge in [0.1, 0.15) is 22.8 Å². The Kier molecular flexibility index (Phi) is 3.16. The quantitative estimate of drug-likeness (QED) is 0.588. The first kappa shape index (κ1) is 15.8. The molecule has 0 fully saturated rings. The smallest absolute Gasteiger partial charge is 0.231 e. The van der Waals surface area contributed by atoms with E-state index in [9.17, 15) is 0 Å². The monoisotopic (exact) mass is 416 g/mol. The van der Waals surface area contributed by atoms with E-state index in [1.807, 2.05) is 36.5 Å². The van der Waals surface area contributed by atoms with Gasteiger partial charge in [0.2, 0.25) is 6.79 Å². The number of ether oxygens (including phenoxy) is 3. The summed E-state index contributed by atoms with van der Waals surface area (Å²) in [5.74, 6) is 2.26. The SMILES string of the molecule is S=C1N(Cc2ccc(Cl)s2)n2cccc2C12COc1cc3c(cc12)OCO3. The highest BCUT2D eigenvalue weighted by atomic mass is 35.5. The van der Waals surface area contributed by atoms with Crippen LogP contribution in [-0.4, -0.2) is 23.1 Å². The van der Waals surface area contributed by atoms with Crippen molar-refractivity contribution in [3.8, 4) is 17.2 Å². The molecule has 2 aromatic heterocycles. The maximum atomic E-state index is 6.12. The van der Waals surface area contributed by atoms with Gasteiger partial charge in [0.25, 0.3) is 0 Å². The third kappa shape index (κ3) is 2.02. The zero-order valence-corrected chi connectivity index (χ0v) is 16.4. The number of nitrogens with zero attached hydrogens (tertiary/aromatic N) is 2. The molecule has 1 aromatic carbocycles. The first-order valence-electron chi connectivity index (χ1n) is 8.48. The van der Waals surface area contributed by atoms with E-state index in [0.29, 0.717) is 13.2 Å². The topological polar surface area (TPSA) is 35.9 Å². The Balaban J connectivity index is 1.49. The number of benzene rings is 1. The minimum Gasteiger partial charge on any atom is -0.491 e. The first-order valence-corrected chi connectivity index (χ1v) is 10.1. The molecule has 1 spiro atoms. The van der Waals surface area contributed by atoms with Gasteiger partial charge in [0.15, 0.2) is 11.5 Å². The van der Waals surface area contributed by atoms with Crippen molar-refractivity contribution in [3.05, 3.63) is 63.1 Å². The van der Waals surface area contributed by atoms with E-state index >= 15 is 0 Å². The van der Waals surface area contributed by atoms with Crippen LogP contribution >= 0.6 is 35.2 Å². The second kappa shape index (κ2) is 5.41. The van der Waals surface area contributed by atoms with E-state index in [2.05, 4.69) is 15.8 Å². The molecule has 8 heteroatoms. The highest BCUT2D eigenvalue weighted by molar-refractivity contribution is 7.80. The molecule has 0 amide bonds. The van der Waals surface area contributed by atoms with Gasteiger partial charge in [-0.15, -0.1) is 11.3 Å². The van der Waals surface area contributed by atoms with Crippen LogP contribution in [0.15, 0.2) is 42.6 Å². The molecular formula is C19H13ClN2O3S2. The van der Waals surface area contributed by atoms with Gasteiger partial charge >= 0.3 is 0 Å². The predicted octanol–water partition coefficient (Wildman–Crippen LogP) is 4.09. The van der Waals surface area contributed by atoms with Crippen LogP contribution in [0.5, 0.6) is 17.2 Å². The third-order valence-electron chi connectivity index (χ3n) is 5.34. The molecule has 136 valence electrons. The lowest BCUT2D eigenvalue weighted by molar-refractivity contribution is 0.173. The first-order chi connectivity index (χ1) is 13.2. The number of fused-ring (bicyclic) bond motifs is 5. The van der Waals surface area contributed by atoms with Crippen LogP contribution in [0.3, 0.4) is 0 Å². The van der Waals surface area contributed by atoms with Crippen LogP contribution in [-0.2, 0) is 12.0 Å². The Labute approximate surface area is 169 Å². The van der Waals surface area contributed by atoms with Crippen molar-refractivity contribution in [1.82, 2.24) is 4.68 Å². The Morgan fingerprint density at radius 1 is 1.11 bits per heavy atom. The molecule has 5 nitrogen and oxygen atoms in total. The summed E-state index contributed by atoms with van der Waals surface area (Å²) in [6.07, 6.45) is 2.04. The molecule has 0 radical (unpaired) electrons. The van der Waals surface area contributed by atoms with Crippen LogP contribution in [0.2, 0.25) is 4.34 Å². The molecule has 1 unspecified atom stereocenters. The maximum Gasteiger partial charge on any atom is 0.231 e. The van der Waals surface area contributed by atoms with Crippen LogP contribution in [0, 0.1) is 0 Å². The number of rotatable bonds is 2. The number of hydrogen-bond acceptors (Lipinski definition) is 5. The highest BCUT2D eigenvalue weighted by Crippen LogP contribution is 2.52. The van der Waals surface area contributed by atoms with Crippen LogP contribution in [0.25, 0.3) is 0 Å². The third-order valence-corrected chi connectivity index (χ3v) is 7.11. The molecule has 0 N–H and O–H groups in total. The second-order valence-corrected chi connectivity index (χ2v) is 8.89. The summed E-state index contributed by atoms with van der Waals surface area (Å²) in [7, 11) is 0. The van der Waals surface area contributed by atoms with E-state index in [4.69, 9.17) is 38.0 Å². The Morgan fingerprint density at radius 3 is 2.78 bits per heavy atom. The molecule has 6 rings (SSSR count). The fourth-order valence-corrected chi connectivity index (χ4v) is 5.61. The summed E-state index contributed by atoms with van der Waals surface area (Å²) in [4.78, 5) is 1.98. The van der Waals surface area contributed by atoms with Crippen molar-refractivity contribution in [1.29, 1.82) is 0 Å². The van der Waals surface area contributed by atoms with Crippen LogP contribution in [0.1, 0.15) is 16.1 Å². The zero-order valence-electron chi connectivity index (χ0n) is 14.0. The molecule has 0 saturated heterocycles. The van der Waals surface area contributed by atoms with Crippen LogP contribution < -0.4 is 19.2 Å². The summed E-state index contributed by atoms with van der Waals surface area (Å²) in [5.41, 5.74) is 1.63. The van der Waals surface area contributed by atoms with Crippen molar-refractivity contribution in [2.24, 2.45) is 0 Å². The average Bonchev–Trinajstić information content (AvgIpc) is 3.44.